The Labute approximate surface area is 143 Å². The van der Waals surface area contributed by atoms with Crippen molar-refractivity contribution >= 4 is 29.1 Å². The predicted octanol–water partition coefficient (Wildman–Crippen LogP) is 3.76. The fourth-order valence-electron chi connectivity index (χ4n) is 3.00. The second kappa shape index (κ2) is 6.27. The van der Waals surface area contributed by atoms with Crippen molar-refractivity contribution in [1.29, 1.82) is 0 Å². The lowest BCUT2D eigenvalue weighted by molar-refractivity contribution is -0.189. The van der Waals surface area contributed by atoms with E-state index in [0.717, 1.165) is 5.56 Å². The van der Waals surface area contributed by atoms with E-state index in [1.807, 2.05) is 0 Å². The van der Waals surface area contributed by atoms with E-state index in [-0.39, 0.29) is 0 Å². The van der Waals surface area contributed by atoms with Gasteiger partial charge in [-0.1, -0.05) is 25.4 Å². The molecule has 0 radical (unpaired) electrons. The molecule has 0 saturated carbocycles. The van der Waals surface area contributed by atoms with Gasteiger partial charge in [0.2, 0.25) is 0 Å². The fraction of sp³-hybridized carbons (Fsp3) is 0.500. The van der Waals surface area contributed by atoms with E-state index < -0.39 is 36.1 Å². The van der Waals surface area contributed by atoms with Gasteiger partial charge in [-0.15, -0.1) is 0 Å². The summed E-state index contributed by atoms with van der Waals surface area (Å²) < 4.78 is 38.9. The van der Waals surface area contributed by atoms with Crippen molar-refractivity contribution in [2.75, 3.05) is 4.90 Å². The monoisotopic (exact) mass is 362 g/mol. The first-order valence-corrected chi connectivity index (χ1v) is 7.82. The number of carbonyl (C=O) groups is 2. The number of hydrogen-bond acceptors (Lipinski definition) is 2. The lowest BCUT2D eigenvalue weighted by Crippen LogP contribution is -2.51. The first-order chi connectivity index (χ1) is 10.9. The van der Waals surface area contributed by atoms with Crippen LogP contribution in [0.5, 0.6) is 0 Å². The molecule has 1 saturated heterocycles. The summed E-state index contributed by atoms with van der Waals surface area (Å²) in [6.45, 7) is 6.40. The molecule has 2 rings (SSSR count). The highest BCUT2D eigenvalue weighted by molar-refractivity contribution is 6.31. The molecule has 1 aromatic rings. The third kappa shape index (κ3) is 3.22. The number of carbonyl (C=O) groups excluding carboxylic acids is 2. The van der Waals surface area contributed by atoms with Gasteiger partial charge in [-0.3, -0.25) is 14.5 Å². The number of amides is 2. The molecule has 1 aliphatic heterocycles. The number of benzene rings is 1. The molecule has 2 unspecified atom stereocenters. The molecule has 2 atom stereocenters. The molecule has 0 aromatic heterocycles. The molecule has 8 heteroatoms. The number of anilines is 1. The maximum Gasteiger partial charge on any atom is 0.471 e. The van der Waals surface area contributed by atoms with Gasteiger partial charge in [0.05, 0.1) is 0 Å². The van der Waals surface area contributed by atoms with E-state index in [1.165, 1.54) is 17.9 Å². The number of hydrogen-bond donors (Lipinski definition) is 0. The van der Waals surface area contributed by atoms with Gasteiger partial charge in [0.1, 0.15) is 12.2 Å². The summed E-state index contributed by atoms with van der Waals surface area (Å²) >= 11 is 6.01. The van der Waals surface area contributed by atoms with Crippen LogP contribution in [0, 0.1) is 12.8 Å². The maximum atomic E-state index is 13.0. The summed E-state index contributed by atoms with van der Waals surface area (Å²) in [7, 11) is 0. The number of halogens is 4. The van der Waals surface area contributed by atoms with Gasteiger partial charge in [0, 0.05) is 10.7 Å². The first kappa shape index (κ1) is 18.6. The van der Waals surface area contributed by atoms with Gasteiger partial charge in [-0.2, -0.15) is 13.2 Å². The second-order valence-corrected chi connectivity index (χ2v) is 6.68. The number of aryl methyl sites for hydroxylation is 1. The number of rotatable bonds is 2. The molecule has 1 fully saturated rings. The van der Waals surface area contributed by atoms with Crippen molar-refractivity contribution in [2.45, 2.75) is 46.1 Å². The molecule has 2 amide bonds. The number of nitrogens with zero attached hydrogens (tertiary/aromatic N) is 2. The minimum atomic E-state index is -5.04. The Balaban J connectivity index is 2.55. The van der Waals surface area contributed by atoms with Crippen LogP contribution >= 0.6 is 11.6 Å². The largest absolute Gasteiger partial charge is 0.471 e. The third-order valence-electron chi connectivity index (χ3n) is 3.94. The van der Waals surface area contributed by atoms with Crippen molar-refractivity contribution in [3.05, 3.63) is 28.8 Å². The molecule has 1 aromatic carbocycles. The van der Waals surface area contributed by atoms with Crippen LogP contribution in [-0.2, 0) is 9.59 Å². The average molecular weight is 363 g/mol. The van der Waals surface area contributed by atoms with Crippen molar-refractivity contribution in [3.8, 4) is 0 Å². The molecule has 1 heterocycles. The molecule has 0 bridgehead atoms. The predicted molar refractivity (Wildman–Crippen MR) is 84.7 cm³/mol. The van der Waals surface area contributed by atoms with Crippen molar-refractivity contribution < 1.29 is 22.8 Å². The Bertz CT molecular complexity index is 656. The van der Waals surface area contributed by atoms with Gasteiger partial charge in [0.25, 0.3) is 5.91 Å². The Morgan fingerprint density at radius 2 is 1.83 bits per heavy atom. The van der Waals surface area contributed by atoms with Crippen LogP contribution in [0.3, 0.4) is 0 Å². The van der Waals surface area contributed by atoms with Crippen LogP contribution in [0.2, 0.25) is 5.02 Å². The number of alkyl halides is 3. The molecule has 0 spiro atoms. The topological polar surface area (TPSA) is 40.6 Å². The SMILES string of the molecule is Cc1cc(Cl)cc(N2C(=O)C(C)N(C(=O)C(F)(F)F)C2C(C)C)c1. The van der Waals surface area contributed by atoms with Crippen LogP contribution in [-0.4, -0.2) is 35.1 Å². The highest BCUT2D eigenvalue weighted by Gasteiger charge is 2.55. The summed E-state index contributed by atoms with van der Waals surface area (Å²) in [5, 5.41) is 0.369. The van der Waals surface area contributed by atoms with Crippen molar-refractivity contribution in [1.82, 2.24) is 4.90 Å². The third-order valence-corrected chi connectivity index (χ3v) is 4.16. The highest BCUT2D eigenvalue weighted by atomic mass is 35.5. The summed E-state index contributed by atoms with van der Waals surface area (Å²) in [5.41, 5.74) is 1.15. The molecule has 0 N–H and O–H groups in total. The zero-order valence-corrected chi connectivity index (χ0v) is 14.4. The normalized spacial score (nSPS) is 21.8. The van der Waals surface area contributed by atoms with E-state index in [9.17, 15) is 22.8 Å². The Kier molecular flexibility index (Phi) is 4.86. The molecule has 4 nitrogen and oxygen atoms in total. The van der Waals surface area contributed by atoms with E-state index in [2.05, 4.69) is 0 Å². The van der Waals surface area contributed by atoms with E-state index >= 15 is 0 Å². The van der Waals surface area contributed by atoms with Crippen LogP contribution in [0.1, 0.15) is 26.3 Å². The zero-order valence-electron chi connectivity index (χ0n) is 13.7. The van der Waals surface area contributed by atoms with E-state index in [4.69, 9.17) is 11.6 Å². The van der Waals surface area contributed by atoms with Gasteiger partial charge in [-0.05, 0) is 43.5 Å². The summed E-state index contributed by atoms with van der Waals surface area (Å²) in [5.74, 6) is -2.97. The van der Waals surface area contributed by atoms with Gasteiger partial charge < -0.3 is 4.90 Å². The van der Waals surface area contributed by atoms with Crippen LogP contribution in [0.15, 0.2) is 18.2 Å². The second-order valence-electron chi connectivity index (χ2n) is 6.24. The fourth-order valence-corrected chi connectivity index (χ4v) is 3.29. The molecule has 132 valence electrons. The van der Waals surface area contributed by atoms with Gasteiger partial charge >= 0.3 is 12.1 Å². The summed E-state index contributed by atoms with van der Waals surface area (Å²) in [6.07, 6.45) is -6.07. The first-order valence-electron chi connectivity index (χ1n) is 7.45. The van der Waals surface area contributed by atoms with Crippen molar-refractivity contribution in [3.63, 3.8) is 0 Å². The van der Waals surface area contributed by atoms with Crippen LogP contribution in [0.25, 0.3) is 0 Å². The van der Waals surface area contributed by atoms with Gasteiger partial charge in [0.15, 0.2) is 0 Å². The smallest absolute Gasteiger partial charge is 0.302 e. The van der Waals surface area contributed by atoms with Crippen LogP contribution < -0.4 is 4.90 Å². The summed E-state index contributed by atoms with van der Waals surface area (Å²) in [6, 6.07) is 3.65. The lowest BCUT2D eigenvalue weighted by atomic mass is 10.1. The van der Waals surface area contributed by atoms with E-state index in [0.29, 0.717) is 15.6 Å². The highest BCUT2D eigenvalue weighted by Crippen LogP contribution is 2.36. The summed E-state index contributed by atoms with van der Waals surface area (Å²) in [4.78, 5) is 26.3. The molecular weight excluding hydrogens is 345 g/mol. The Morgan fingerprint density at radius 1 is 1.25 bits per heavy atom. The Morgan fingerprint density at radius 3 is 2.29 bits per heavy atom. The van der Waals surface area contributed by atoms with E-state index in [1.54, 1.807) is 32.9 Å². The molecular formula is C16H18ClF3N2O2. The Hall–Kier alpha value is -1.76. The van der Waals surface area contributed by atoms with Crippen molar-refractivity contribution in [2.24, 2.45) is 5.92 Å². The lowest BCUT2D eigenvalue weighted by Gasteiger charge is -2.34. The zero-order chi connectivity index (χ0) is 18.4. The molecule has 24 heavy (non-hydrogen) atoms. The maximum absolute atomic E-state index is 13.0. The quantitative estimate of drug-likeness (QED) is 0.803. The average Bonchev–Trinajstić information content (AvgIpc) is 2.68. The minimum absolute atomic E-state index is 0.369. The van der Waals surface area contributed by atoms with Gasteiger partial charge in [-0.25, -0.2) is 0 Å². The molecule has 0 aliphatic carbocycles. The minimum Gasteiger partial charge on any atom is -0.302 e. The van der Waals surface area contributed by atoms with Crippen LogP contribution in [0.4, 0.5) is 18.9 Å². The standard InChI is InChI=1S/C16H18ClF3N2O2/c1-8(2)13-21(15(24)16(18,19)20)10(4)14(23)22(13)12-6-9(3)5-11(17)7-12/h5-8,10,13H,1-4H3. The molecule has 1 aliphatic rings.